The van der Waals surface area contributed by atoms with Crippen molar-refractivity contribution >= 4 is 11.6 Å². The molecule has 1 amide bonds. The van der Waals surface area contributed by atoms with Crippen molar-refractivity contribution < 1.29 is 14.3 Å². The highest BCUT2D eigenvalue weighted by molar-refractivity contribution is 5.96. The molecule has 0 saturated heterocycles. The fourth-order valence-electron chi connectivity index (χ4n) is 2.15. The standard InChI is InChI=1S/C15H24N2O3/c1-6-20-15(4,9-11(2)3)14(18)17-12-7-8-13(19-5)16-10-12/h7-8,10-11H,6,9H2,1-5H3,(H,17,18)/t15-/m1/s1. The van der Waals surface area contributed by atoms with Crippen molar-refractivity contribution in [1.29, 1.82) is 0 Å². The molecule has 1 aromatic rings. The second-order valence-electron chi connectivity index (χ2n) is 5.31. The summed E-state index contributed by atoms with van der Waals surface area (Å²) in [5.74, 6) is 0.726. The van der Waals surface area contributed by atoms with Gasteiger partial charge >= 0.3 is 0 Å². The first-order chi connectivity index (χ1) is 9.41. The Bertz CT molecular complexity index is 431. The quantitative estimate of drug-likeness (QED) is 0.834. The van der Waals surface area contributed by atoms with Gasteiger partial charge in [-0.25, -0.2) is 4.98 Å². The molecule has 1 heterocycles. The van der Waals surface area contributed by atoms with E-state index in [1.807, 2.05) is 13.8 Å². The highest BCUT2D eigenvalue weighted by atomic mass is 16.5. The number of nitrogens with one attached hydrogen (secondary N) is 1. The summed E-state index contributed by atoms with van der Waals surface area (Å²) in [6, 6.07) is 3.46. The van der Waals surface area contributed by atoms with Crippen LogP contribution in [0.1, 0.15) is 34.1 Å². The van der Waals surface area contributed by atoms with Crippen LogP contribution < -0.4 is 10.1 Å². The van der Waals surface area contributed by atoms with Crippen LogP contribution in [-0.2, 0) is 9.53 Å². The number of hydrogen-bond donors (Lipinski definition) is 1. The van der Waals surface area contributed by atoms with Gasteiger partial charge in [0.25, 0.3) is 5.91 Å². The molecule has 0 aliphatic rings. The van der Waals surface area contributed by atoms with E-state index in [1.54, 1.807) is 25.4 Å². The average molecular weight is 280 g/mol. The number of amides is 1. The predicted octanol–water partition coefficient (Wildman–Crippen LogP) is 2.87. The number of aromatic nitrogens is 1. The Hall–Kier alpha value is -1.62. The van der Waals surface area contributed by atoms with Crippen LogP contribution in [0.4, 0.5) is 5.69 Å². The third-order valence-electron chi connectivity index (χ3n) is 2.94. The van der Waals surface area contributed by atoms with Crippen LogP contribution in [-0.4, -0.2) is 30.2 Å². The molecule has 20 heavy (non-hydrogen) atoms. The van der Waals surface area contributed by atoms with Crippen molar-refractivity contribution in [2.75, 3.05) is 19.0 Å². The second kappa shape index (κ2) is 7.24. The van der Waals surface area contributed by atoms with Gasteiger partial charge < -0.3 is 14.8 Å². The summed E-state index contributed by atoms with van der Waals surface area (Å²) in [5.41, 5.74) is -0.200. The fraction of sp³-hybridized carbons (Fsp3) is 0.600. The minimum absolute atomic E-state index is 0.153. The lowest BCUT2D eigenvalue weighted by molar-refractivity contribution is -0.140. The maximum absolute atomic E-state index is 12.4. The van der Waals surface area contributed by atoms with Crippen LogP contribution in [0.2, 0.25) is 0 Å². The number of carbonyl (C=O) groups is 1. The summed E-state index contributed by atoms with van der Waals surface area (Å²) >= 11 is 0. The van der Waals surface area contributed by atoms with Crippen LogP contribution in [0, 0.1) is 5.92 Å². The molecule has 1 aromatic heterocycles. The van der Waals surface area contributed by atoms with Gasteiger partial charge in [0.1, 0.15) is 5.60 Å². The Kier molecular flexibility index (Phi) is 5.95. The molecule has 0 aliphatic carbocycles. The topological polar surface area (TPSA) is 60.5 Å². The average Bonchev–Trinajstić information content (AvgIpc) is 2.39. The largest absolute Gasteiger partial charge is 0.481 e. The minimum Gasteiger partial charge on any atom is -0.481 e. The molecule has 1 atom stereocenters. The highest BCUT2D eigenvalue weighted by Crippen LogP contribution is 2.23. The van der Waals surface area contributed by atoms with Crippen molar-refractivity contribution in [2.24, 2.45) is 5.92 Å². The van der Waals surface area contributed by atoms with E-state index in [2.05, 4.69) is 24.1 Å². The van der Waals surface area contributed by atoms with Gasteiger partial charge in [0.15, 0.2) is 0 Å². The lowest BCUT2D eigenvalue weighted by atomic mass is 9.93. The number of ether oxygens (including phenoxy) is 2. The van der Waals surface area contributed by atoms with Gasteiger partial charge in [-0.05, 0) is 32.3 Å². The Morgan fingerprint density at radius 1 is 1.45 bits per heavy atom. The van der Waals surface area contributed by atoms with Crippen LogP contribution in [0.3, 0.4) is 0 Å². The van der Waals surface area contributed by atoms with Gasteiger partial charge in [-0.1, -0.05) is 13.8 Å². The summed E-state index contributed by atoms with van der Waals surface area (Å²) in [4.78, 5) is 16.5. The first-order valence-corrected chi connectivity index (χ1v) is 6.86. The summed E-state index contributed by atoms with van der Waals surface area (Å²) < 4.78 is 10.6. The van der Waals surface area contributed by atoms with Gasteiger partial charge in [-0.2, -0.15) is 0 Å². The van der Waals surface area contributed by atoms with Gasteiger partial charge in [0.05, 0.1) is 19.0 Å². The SMILES string of the molecule is CCO[C@](C)(CC(C)C)C(=O)Nc1ccc(OC)nc1. The van der Waals surface area contributed by atoms with E-state index in [4.69, 9.17) is 9.47 Å². The summed E-state index contributed by atoms with van der Waals surface area (Å²) in [5, 5.41) is 2.84. The van der Waals surface area contributed by atoms with E-state index in [1.165, 1.54) is 0 Å². The third-order valence-corrected chi connectivity index (χ3v) is 2.94. The number of nitrogens with zero attached hydrogens (tertiary/aromatic N) is 1. The van der Waals surface area contributed by atoms with Gasteiger partial charge in [-0.3, -0.25) is 4.79 Å². The highest BCUT2D eigenvalue weighted by Gasteiger charge is 2.34. The normalized spacial score (nSPS) is 13.9. The molecule has 112 valence electrons. The zero-order valence-corrected chi connectivity index (χ0v) is 12.9. The van der Waals surface area contributed by atoms with E-state index in [0.29, 0.717) is 30.5 Å². The Balaban J connectivity index is 2.79. The van der Waals surface area contributed by atoms with Crippen molar-refractivity contribution in [1.82, 2.24) is 4.98 Å². The molecule has 0 spiro atoms. The summed E-state index contributed by atoms with van der Waals surface area (Å²) in [7, 11) is 1.55. The molecule has 0 bridgehead atoms. The van der Waals surface area contributed by atoms with Crippen molar-refractivity contribution in [3.05, 3.63) is 18.3 Å². The van der Waals surface area contributed by atoms with Crippen LogP contribution >= 0.6 is 0 Å². The number of methoxy groups -OCH3 is 1. The molecule has 0 unspecified atom stereocenters. The van der Waals surface area contributed by atoms with Gasteiger partial charge in [-0.15, -0.1) is 0 Å². The lowest BCUT2D eigenvalue weighted by Crippen LogP contribution is -2.44. The maximum atomic E-state index is 12.4. The molecular weight excluding hydrogens is 256 g/mol. The molecule has 0 fully saturated rings. The van der Waals surface area contributed by atoms with Gasteiger partial charge in [0.2, 0.25) is 5.88 Å². The van der Waals surface area contributed by atoms with Crippen molar-refractivity contribution in [2.45, 2.75) is 39.7 Å². The van der Waals surface area contributed by atoms with Crippen LogP contribution in [0.15, 0.2) is 18.3 Å². The molecule has 1 rings (SSSR count). The number of pyridine rings is 1. The lowest BCUT2D eigenvalue weighted by Gasteiger charge is -2.29. The van der Waals surface area contributed by atoms with Crippen LogP contribution in [0.25, 0.3) is 0 Å². The Morgan fingerprint density at radius 3 is 2.60 bits per heavy atom. The van der Waals surface area contributed by atoms with Crippen LogP contribution in [0.5, 0.6) is 5.88 Å². The summed E-state index contributed by atoms with van der Waals surface area (Å²) in [6.45, 7) is 8.35. The molecule has 1 N–H and O–H groups in total. The summed E-state index contributed by atoms with van der Waals surface area (Å²) in [6.07, 6.45) is 2.23. The van der Waals surface area contributed by atoms with E-state index in [9.17, 15) is 4.79 Å². The zero-order chi connectivity index (χ0) is 15.2. The molecule has 5 heteroatoms. The molecule has 0 aromatic carbocycles. The first kappa shape index (κ1) is 16.4. The first-order valence-electron chi connectivity index (χ1n) is 6.86. The number of anilines is 1. The third kappa shape index (κ3) is 4.49. The molecule has 0 aliphatic heterocycles. The molecular formula is C15H24N2O3. The number of carbonyl (C=O) groups excluding carboxylic acids is 1. The molecule has 5 nitrogen and oxygen atoms in total. The maximum Gasteiger partial charge on any atom is 0.256 e. The second-order valence-corrected chi connectivity index (χ2v) is 5.31. The smallest absolute Gasteiger partial charge is 0.256 e. The monoisotopic (exact) mass is 280 g/mol. The van der Waals surface area contributed by atoms with Crippen molar-refractivity contribution in [3.8, 4) is 5.88 Å². The van der Waals surface area contributed by atoms with E-state index in [0.717, 1.165) is 0 Å². The van der Waals surface area contributed by atoms with E-state index >= 15 is 0 Å². The number of rotatable bonds is 7. The molecule has 0 saturated carbocycles. The molecule has 0 radical (unpaired) electrons. The predicted molar refractivity (Wildman–Crippen MR) is 78.9 cm³/mol. The van der Waals surface area contributed by atoms with E-state index < -0.39 is 5.60 Å². The minimum atomic E-state index is -0.831. The van der Waals surface area contributed by atoms with E-state index in [-0.39, 0.29) is 5.91 Å². The zero-order valence-electron chi connectivity index (χ0n) is 12.9. The number of hydrogen-bond acceptors (Lipinski definition) is 4. The Morgan fingerprint density at radius 2 is 2.15 bits per heavy atom. The van der Waals surface area contributed by atoms with Crippen molar-refractivity contribution in [3.63, 3.8) is 0 Å². The van der Waals surface area contributed by atoms with Gasteiger partial charge in [0, 0.05) is 12.7 Å². The fourth-order valence-corrected chi connectivity index (χ4v) is 2.15. The Labute approximate surface area is 120 Å².